The maximum absolute atomic E-state index is 14.5. The SMILES string of the molecule is CC(=O)N(C)c1cc(OC2CCOc3cc(F)cc(F)c32)c2nc(C)n(C)c2c1. The molecule has 0 saturated heterocycles. The predicted octanol–water partition coefficient (Wildman–Crippen LogP) is 4.05. The summed E-state index contributed by atoms with van der Waals surface area (Å²) in [6, 6.07) is 5.56. The summed E-state index contributed by atoms with van der Waals surface area (Å²) in [6.45, 7) is 3.61. The van der Waals surface area contributed by atoms with E-state index < -0.39 is 17.7 Å². The molecule has 8 heteroatoms. The molecule has 0 spiro atoms. The molecule has 1 aliphatic rings. The first-order chi connectivity index (χ1) is 13.8. The molecule has 1 amide bonds. The van der Waals surface area contributed by atoms with Crippen LogP contribution in [0.1, 0.15) is 30.8 Å². The number of fused-ring (bicyclic) bond motifs is 2. The number of amides is 1. The van der Waals surface area contributed by atoms with Crippen LogP contribution in [0.2, 0.25) is 0 Å². The van der Waals surface area contributed by atoms with Crippen LogP contribution in [0.5, 0.6) is 11.5 Å². The van der Waals surface area contributed by atoms with Gasteiger partial charge >= 0.3 is 0 Å². The largest absolute Gasteiger partial charge is 0.493 e. The number of aromatic nitrogens is 2. The highest BCUT2D eigenvalue weighted by atomic mass is 19.1. The van der Waals surface area contributed by atoms with Crippen molar-refractivity contribution in [1.29, 1.82) is 0 Å². The summed E-state index contributed by atoms with van der Waals surface area (Å²) < 4.78 is 41.6. The lowest BCUT2D eigenvalue weighted by Crippen LogP contribution is -2.23. The molecule has 1 atom stereocenters. The Morgan fingerprint density at radius 1 is 1.31 bits per heavy atom. The normalized spacial score (nSPS) is 15.7. The summed E-state index contributed by atoms with van der Waals surface area (Å²) in [5.74, 6) is -0.204. The van der Waals surface area contributed by atoms with E-state index in [0.29, 0.717) is 23.4 Å². The molecule has 6 nitrogen and oxygen atoms in total. The molecule has 1 aliphatic heterocycles. The molecule has 0 radical (unpaired) electrons. The van der Waals surface area contributed by atoms with Crippen LogP contribution in [-0.4, -0.2) is 29.1 Å². The molecule has 29 heavy (non-hydrogen) atoms. The van der Waals surface area contributed by atoms with Gasteiger partial charge < -0.3 is 18.9 Å². The van der Waals surface area contributed by atoms with E-state index in [1.165, 1.54) is 11.8 Å². The molecular formula is C21H21F2N3O3. The highest BCUT2D eigenvalue weighted by Crippen LogP contribution is 2.40. The van der Waals surface area contributed by atoms with Crippen molar-refractivity contribution in [3.05, 3.63) is 47.3 Å². The van der Waals surface area contributed by atoms with E-state index in [9.17, 15) is 13.6 Å². The first-order valence-corrected chi connectivity index (χ1v) is 9.26. The molecule has 0 saturated carbocycles. The molecule has 1 unspecified atom stereocenters. The molecule has 152 valence electrons. The molecule has 0 aliphatic carbocycles. The van der Waals surface area contributed by atoms with Crippen molar-refractivity contribution >= 4 is 22.6 Å². The van der Waals surface area contributed by atoms with Crippen molar-refractivity contribution in [1.82, 2.24) is 9.55 Å². The van der Waals surface area contributed by atoms with E-state index >= 15 is 0 Å². The molecule has 1 aromatic heterocycles. The predicted molar refractivity (Wildman–Crippen MR) is 104 cm³/mol. The van der Waals surface area contributed by atoms with Gasteiger partial charge in [-0.25, -0.2) is 13.8 Å². The number of rotatable bonds is 3. The molecule has 2 aromatic carbocycles. The second kappa shape index (κ2) is 7.02. The number of ether oxygens (including phenoxy) is 2. The van der Waals surface area contributed by atoms with Crippen molar-refractivity contribution in [2.75, 3.05) is 18.6 Å². The van der Waals surface area contributed by atoms with E-state index in [1.54, 1.807) is 13.1 Å². The van der Waals surface area contributed by atoms with Crippen LogP contribution in [0.15, 0.2) is 24.3 Å². The lowest BCUT2D eigenvalue weighted by molar-refractivity contribution is -0.116. The third-order valence-electron chi connectivity index (χ3n) is 5.30. The second-order valence-electron chi connectivity index (χ2n) is 7.15. The van der Waals surface area contributed by atoms with Gasteiger partial charge in [0, 0.05) is 51.3 Å². The monoisotopic (exact) mass is 401 g/mol. The average Bonchev–Trinajstić information content (AvgIpc) is 2.95. The minimum absolute atomic E-state index is 0.132. The number of imidazole rings is 1. The quantitative estimate of drug-likeness (QED) is 0.665. The van der Waals surface area contributed by atoms with E-state index in [1.807, 2.05) is 24.6 Å². The third kappa shape index (κ3) is 3.28. The maximum atomic E-state index is 14.5. The minimum atomic E-state index is -0.713. The standard InChI is InChI=1S/C21H21F2N3O3/c1-11-24-21-16(25(11)3)9-14(26(4)12(2)27)10-19(21)29-17-5-6-28-18-8-13(22)7-15(23)20(17)18/h7-10,17H,5-6H2,1-4H3. The van der Waals surface area contributed by atoms with Crippen LogP contribution in [0.25, 0.3) is 11.0 Å². The summed E-state index contributed by atoms with van der Waals surface area (Å²) in [5.41, 5.74) is 2.22. The Labute approximate surface area is 166 Å². The Bertz CT molecular complexity index is 1130. The first-order valence-electron chi connectivity index (χ1n) is 9.26. The molecule has 0 N–H and O–H groups in total. The fourth-order valence-corrected chi connectivity index (χ4v) is 3.51. The van der Waals surface area contributed by atoms with E-state index in [-0.39, 0.29) is 23.8 Å². The van der Waals surface area contributed by atoms with Crippen LogP contribution in [0.3, 0.4) is 0 Å². The van der Waals surface area contributed by atoms with Gasteiger partial charge in [-0.2, -0.15) is 0 Å². The van der Waals surface area contributed by atoms with Crippen LogP contribution in [0.4, 0.5) is 14.5 Å². The van der Waals surface area contributed by atoms with Crippen molar-refractivity contribution in [3.63, 3.8) is 0 Å². The summed E-state index contributed by atoms with van der Waals surface area (Å²) in [4.78, 5) is 17.9. The topological polar surface area (TPSA) is 56.6 Å². The Morgan fingerprint density at radius 3 is 2.79 bits per heavy atom. The number of carbonyl (C=O) groups is 1. The summed E-state index contributed by atoms with van der Waals surface area (Å²) in [5, 5.41) is 0. The van der Waals surface area contributed by atoms with E-state index in [2.05, 4.69) is 4.98 Å². The zero-order valence-corrected chi connectivity index (χ0v) is 16.6. The zero-order chi connectivity index (χ0) is 20.9. The van der Waals surface area contributed by atoms with Crippen molar-refractivity contribution in [2.24, 2.45) is 7.05 Å². The fourth-order valence-electron chi connectivity index (χ4n) is 3.51. The summed E-state index contributed by atoms with van der Waals surface area (Å²) in [6.07, 6.45) is -0.266. The van der Waals surface area contributed by atoms with Gasteiger partial charge in [0.05, 0.1) is 17.7 Å². The highest BCUT2D eigenvalue weighted by molar-refractivity contribution is 5.95. The lowest BCUT2D eigenvalue weighted by atomic mass is 10.0. The van der Waals surface area contributed by atoms with E-state index in [4.69, 9.17) is 9.47 Å². The van der Waals surface area contributed by atoms with Crippen LogP contribution < -0.4 is 14.4 Å². The van der Waals surface area contributed by atoms with Gasteiger partial charge in [0.1, 0.15) is 40.6 Å². The number of hydrogen-bond acceptors (Lipinski definition) is 4. The first kappa shape index (κ1) is 19.2. The van der Waals surface area contributed by atoms with Gasteiger partial charge in [-0.3, -0.25) is 4.79 Å². The Balaban J connectivity index is 1.83. The maximum Gasteiger partial charge on any atom is 0.223 e. The minimum Gasteiger partial charge on any atom is -0.493 e. The molecule has 4 rings (SSSR count). The number of aryl methyl sites for hydroxylation is 2. The molecular weight excluding hydrogens is 380 g/mol. The van der Waals surface area contributed by atoms with Crippen molar-refractivity contribution in [3.8, 4) is 11.5 Å². The number of nitrogens with zero attached hydrogens (tertiary/aromatic N) is 3. The van der Waals surface area contributed by atoms with Crippen LogP contribution in [-0.2, 0) is 11.8 Å². The number of halogens is 2. The van der Waals surface area contributed by atoms with Gasteiger partial charge in [-0.15, -0.1) is 0 Å². The lowest BCUT2D eigenvalue weighted by Gasteiger charge is -2.27. The van der Waals surface area contributed by atoms with E-state index in [0.717, 1.165) is 23.5 Å². The van der Waals surface area contributed by atoms with Gasteiger partial charge in [-0.05, 0) is 13.0 Å². The molecule has 2 heterocycles. The summed E-state index contributed by atoms with van der Waals surface area (Å²) >= 11 is 0. The van der Waals surface area contributed by atoms with Gasteiger partial charge in [-0.1, -0.05) is 0 Å². The Hall–Kier alpha value is -3.16. The van der Waals surface area contributed by atoms with Gasteiger partial charge in [0.2, 0.25) is 5.91 Å². The van der Waals surface area contributed by atoms with Crippen molar-refractivity contribution < 1.29 is 23.0 Å². The van der Waals surface area contributed by atoms with Gasteiger partial charge in [0.25, 0.3) is 0 Å². The smallest absolute Gasteiger partial charge is 0.223 e. The second-order valence-corrected chi connectivity index (χ2v) is 7.15. The number of carbonyl (C=O) groups excluding carboxylic acids is 1. The molecule has 0 bridgehead atoms. The molecule has 3 aromatic rings. The molecule has 0 fully saturated rings. The van der Waals surface area contributed by atoms with Crippen molar-refractivity contribution in [2.45, 2.75) is 26.4 Å². The summed E-state index contributed by atoms with van der Waals surface area (Å²) in [7, 11) is 3.54. The Morgan fingerprint density at radius 2 is 2.07 bits per heavy atom. The van der Waals surface area contributed by atoms with Crippen LogP contribution >= 0.6 is 0 Å². The number of hydrogen-bond donors (Lipinski definition) is 0. The zero-order valence-electron chi connectivity index (χ0n) is 16.6. The number of benzene rings is 2. The fraction of sp³-hybridized carbons (Fsp3) is 0.333. The van der Waals surface area contributed by atoms with Crippen LogP contribution in [0, 0.1) is 18.6 Å². The third-order valence-corrected chi connectivity index (χ3v) is 5.30. The average molecular weight is 401 g/mol. The van der Waals surface area contributed by atoms with Gasteiger partial charge in [0.15, 0.2) is 0 Å². The number of anilines is 1. The highest BCUT2D eigenvalue weighted by Gasteiger charge is 2.29. The Kier molecular flexibility index (Phi) is 4.64.